The van der Waals surface area contributed by atoms with Crippen molar-refractivity contribution in [1.82, 2.24) is 9.97 Å². The van der Waals surface area contributed by atoms with Crippen LogP contribution in [0.1, 0.15) is 23.5 Å². The second-order valence-electron chi connectivity index (χ2n) is 5.73. The highest BCUT2D eigenvalue weighted by atomic mass is 32.1. The first kappa shape index (κ1) is 18.2. The number of hydrogen-bond donors (Lipinski definition) is 3. The monoisotopic (exact) mass is 374 g/mol. The molecular formula is C17H18N4O4S. The molecule has 0 saturated carbocycles. The van der Waals surface area contributed by atoms with E-state index >= 15 is 0 Å². The number of nitro benzene ring substituents is 1. The molecule has 9 heteroatoms. The average molecular weight is 374 g/mol. The SMILES string of the molecule is CCc1cc2c(NC(CO)C(O)c3ccc([N+](=O)[O-])cc3)ncnc2s1. The summed E-state index contributed by atoms with van der Waals surface area (Å²) >= 11 is 1.58. The van der Waals surface area contributed by atoms with Gasteiger partial charge in [0.2, 0.25) is 0 Å². The van der Waals surface area contributed by atoms with Gasteiger partial charge in [0.05, 0.1) is 23.0 Å². The first-order valence-corrected chi connectivity index (χ1v) is 8.88. The van der Waals surface area contributed by atoms with Gasteiger partial charge in [0.25, 0.3) is 5.69 Å². The van der Waals surface area contributed by atoms with Crippen LogP contribution in [-0.4, -0.2) is 37.8 Å². The highest BCUT2D eigenvalue weighted by Gasteiger charge is 2.22. The number of nitrogens with one attached hydrogen (secondary N) is 1. The molecule has 26 heavy (non-hydrogen) atoms. The Balaban J connectivity index is 1.85. The van der Waals surface area contributed by atoms with E-state index in [1.807, 2.05) is 6.07 Å². The van der Waals surface area contributed by atoms with E-state index in [0.29, 0.717) is 11.4 Å². The van der Waals surface area contributed by atoms with Crippen LogP contribution in [0, 0.1) is 10.1 Å². The smallest absolute Gasteiger partial charge is 0.269 e. The second kappa shape index (κ2) is 7.73. The molecule has 2 unspecified atom stereocenters. The number of anilines is 1. The summed E-state index contributed by atoms with van der Waals surface area (Å²) in [5.41, 5.74) is 0.407. The Hall–Kier alpha value is -2.62. The molecule has 0 fully saturated rings. The van der Waals surface area contributed by atoms with E-state index in [9.17, 15) is 20.3 Å². The Morgan fingerprint density at radius 2 is 2.04 bits per heavy atom. The number of non-ortho nitro benzene ring substituents is 1. The molecule has 0 radical (unpaired) electrons. The van der Waals surface area contributed by atoms with E-state index in [2.05, 4.69) is 22.2 Å². The fraction of sp³-hybridized carbons (Fsp3) is 0.294. The summed E-state index contributed by atoms with van der Waals surface area (Å²) in [5, 5.41) is 34.9. The Kier molecular flexibility index (Phi) is 5.40. The molecule has 2 heterocycles. The van der Waals surface area contributed by atoms with Crippen LogP contribution in [0.25, 0.3) is 10.2 Å². The number of benzene rings is 1. The van der Waals surface area contributed by atoms with Crippen LogP contribution < -0.4 is 5.32 Å². The van der Waals surface area contributed by atoms with Crippen LogP contribution in [0.3, 0.4) is 0 Å². The number of rotatable bonds is 7. The molecule has 136 valence electrons. The van der Waals surface area contributed by atoms with Gasteiger partial charge in [-0.3, -0.25) is 10.1 Å². The molecule has 3 N–H and O–H groups in total. The van der Waals surface area contributed by atoms with Crippen LogP contribution in [0.2, 0.25) is 0 Å². The number of hydrogen-bond acceptors (Lipinski definition) is 8. The third-order valence-corrected chi connectivity index (χ3v) is 5.26. The van der Waals surface area contributed by atoms with Crippen molar-refractivity contribution in [2.24, 2.45) is 0 Å². The predicted molar refractivity (Wildman–Crippen MR) is 99.3 cm³/mol. The lowest BCUT2D eigenvalue weighted by molar-refractivity contribution is -0.384. The van der Waals surface area contributed by atoms with E-state index in [1.54, 1.807) is 11.3 Å². The van der Waals surface area contributed by atoms with Crippen molar-refractivity contribution in [1.29, 1.82) is 0 Å². The summed E-state index contributed by atoms with van der Waals surface area (Å²) in [4.78, 5) is 20.7. The molecule has 0 bridgehead atoms. The van der Waals surface area contributed by atoms with Crippen molar-refractivity contribution in [2.45, 2.75) is 25.5 Å². The van der Waals surface area contributed by atoms with Gasteiger partial charge in [-0.05, 0) is 30.2 Å². The fourth-order valence-corrected chi connectivity index (χ4v) is 3.56. The van der Waals surface area contributed by atoms with Crippen molar-refractivity contribution in [2.75, 3.05) is 11.9 Å². The lowest BCUT2D eigenvalue weighted by Crippen LogP contribution is -2.31. The molecule has 0 saturated heterocycles. The van der Waals surface area contributed by atoms with Crippen LogP contribution >= 0.6 is 11.3 Å². The molecule has 0 amide bonds. The highest BCUT2D eigenvalue weighted by Crippen LogP contribution is 2.30. The van der Waals surface area contributed by atoms with Gasteiger partial charge in [0, 0.05) is 17.0 Å². The van der Waals surface area contributed by atoms with E-state index in [-0.39, 0.29) is 12.3 Å². The summed E-state index contributed by atoms with van der Waals surface area (Å²) in [6, 6.07) is 6.87. The summed E-state index contributed by atoms with van der Waals surface area (Å²) in [7, 11) is 0. The third kappa shape index (κ3) is 3.64. The summed E-state index contributed by atoms with van der Waals surface area (Å²) in [5.74, 6) is 0.533. The van der Waals surface area contributed by atoms with Gasteiger partial charge in [0.15, 0.2) is 0 Å². The first-order valence-electron chi connectivity index (χ1n) is 8.06. The van der Waals surface area contributed by atoms with Crippen molar-refractivity contribution in [3.05, 3.63) is 57.2 Å². The molecule has 0 aliphatic carbocycles. The number of nitro groups is 1. The van der Waals surface area contributed by atoms with Gasteiger partial charge in [-0.1, -0.05) is 6.92 Å². The Morgan fingerprint density at radius 1 is 1.31 bits per heavy atom. The number of fused-ring (bicyclic) bond motifs is 1. The zero-order valence-electron chi connectivity index (χ0n) is 14.0. The molecule has 0 aliphatic heterocycles. The number of aromatic nitrogens is 2. The number of aliphatic hydroxyl groups is 2. The van der Waals surface area contributed by atoms with Crippen molar-refractivity contribution >= 4 is 33.1 Å². The zero-order chi connectivity index (χ0) is 18.7. The lowest BCUT2D eigenvalue weighted by Gasteiger charge is -2.23. The van der Waals surface area contributed by atoms with Crippen LogP contribution in [0.15, 0.2) is 36.7 Å². The van der Waals surface area contributed by atoms with E-state index in [1.165, 1.54) is 35.5 Å². The molecule has 8 nitrogen and oxygen atoms in total. The Labute approximate surface area is 153 Å². The molecule has 3 rings (SSSR count). The fourth-order valence-electron chi connectivity index (χ4n) is 2.62. The van der Waals surface area contributed by atoms with Crippen LogP contribution in [0.4, 0.5) is 11.5 Å². The minimum atomic E-state index is -1.06. The average Bonchev–Trinajstić information content (AvgIpc) is 3.09. The van der Waals surface area contributed by atoms with E-state index in [0.717, 1.165) is 16.6 Å². The van der Waals surface area contributed by atoms with Gasteiger partial charge in [-0.2, -0.15) is 0 Å². The van der Waals surface area contributed by atoms with E-state index < -0.39 is 17.1 Å². The van der Waals surface area contributed by atoms with Crippen molar-refractivity contribution < 1.29 is 15.1 Å². The summed E-state index contributed by atoms with van der Waals surface area (Å²) in [6.07, 6.45) is 1.26. The molecule has 2 atom stereocenters. The number of nitrogens with zero attached hydrogens (tertiary/aromatic N) is 3. The van der Waals surface area contributed by atoms with Crippen LogP contribution in [0.5, 0.6) is 0 Å². The van der Waals surface area contributed by atoms with Gasteiger partial charge >= 0.3 is 0 Å². The second-order valence-corrected chi connectivity index (χ2v) is 6.85. The number of aryl methyl sites for hydroxylation is 1. The Morgan fingerprint density at radius 3 is 2.65 bits per heavy atom. The van der Waals surface area contributed by atoms with Crippen molar-refractivity contribution in [3.63, 3.8) is 0 Å². The zero-order valence-corrected chi connectivity index (χ0v) is 14.8. The van der Waals surface area contributed by atoms with Gasteiger partial charge in [-0.25, -0.2) is 9.97 Å². The maximum atomic E-state index is 10.7. The third-order valence-electron chi connectivity index (χ3n) is 4.07. The Bertz CT molecular complexity index is 913. The largest absolute Gasteiger partial charge is 0.394 e. The van der Waals surface area contributed by atoms with Gasteiger partial charge in [-0.15, -0.1) is 11.3 Å². The van der Waals surface area contributed by atoms with Crippen LogP contribution in [-0.2, 0) is 6.42 Å². The topological polar surface area (TPSA) is 121 Å². The first-order chi connectivity index (χ1) is 12.5. The standard InChI is InChI=1S/C17H18N4O4S/c1-2-12-7-13-16(18-9-19-17(13)26-12)20-14(8-22)15(23)10-3-5-11(6-4-10)21(24)25/h3-7,9,14-15,22-23H,2,8H2,1H3,(H,18,19,20). The minimum Gasteiger partial charge on any atom is -0.394 e. The predicted octanol–water partition coefficient (Wildman–Crippen LogP) is 2.67. The van der Waals surface area contributed by atoms with E-state index in [4.69, 9.17) is 0 Å². The number of thiophene rings is 1. The maximum absolute atomic E-state index is 10.7. The quantitative estimate of drug-likeness (QED) is 0.429. The summed E-state index contributed by atoms with van der Waals surface area (Å²) in [6.45, 7) is 1.72. The lowest BCUT2D eigenvalue weighted by atomic mass is 10.0. The minimum absolute atomic E-state index is 0.0580. The number of aliphatic hydroxyl groups excluding tert-OH is 2. The molecule has 0 aliphatic rings. The van der Waals surface area contributed by atoms with Gasteiger partial charge in [0.1, 0.15) is 23.1 Å². The highest BCUT2D eigenvalue weighted by molar-refractivity contribution is 7.18. The van der Waals surface area contributed by atoms with Crippen molar-refractivity contribution in [3.8, 4) is 0 Å². The molecule has 2 aromatic heterocycles. The molecule has 1 aromatic carbocycles. The van der Waals surface area contributed by atoms with Gasteiger partial charge < -0.3 is 15.5 Å². The summed E-state index contributed by atoms with van der Waals surface area (Å²) < 4.78 is 0. The molecule has 3 aromatic rings. The molecular weight excluding hydrogens is 356 g/mol. The maximum Gasteiger partial charge on any atom is 0.269 e. The normalized spacial score (nSPS) is 13.5. The molecule has 0 spiro atoms.